The normalized spacial score (nSPS) is 14.6. The fraction of sp³-hybridized carbons (Fsp3) is 0.209. The van der Waals surface area contributed by atoms with E-state index < -0.39 is 0 Å². The fourth-order valence-corrected chi connectivity index (χ4v) is 15.7. The molecule has 462 valence electrons. The van der Waals surface area contributed by atoms with Crippen LogP contribution in [0, 0.1) is 0 Å². The summed E-state index contributed by atoms with van der Waals surface area (Å²) in [5, 5.41) is 2.49. The molecule has 0 spiro atoms. The number of hydrogen-bond acceptors (Lipinski definition) is 2. The first-order valence-corrected chi connectivity index (χ1v) is 33.9. The monoisotopic (exact) mass is 1220 g/mol. The quantitative estimate of drug-likeness (QED) is 0.158. The van der Waals surface area contributed by atoms with E-state index in [1.165, 1.54) is 145 Å². The SMILES string of the molecule is CC(C)(C)c1ccc(-c2cc(C(C)(C)C)ccc2N2c3ccc(-c4ccccc4)cc3C3c4ccc(-n5c6ccccc6c6ccccc65)cc4N(c4ccc(C(C)(C)C)cc4-c4ccc(C(C)(C)C)cc4)c4cc(C5c6ccccc6Cc6ccccc65)cc2c43)cc1. The second kappa shape index (κ2) is 21.8. The zero-order valence-corrected chi connectivity index (χ0v) is 56.5. The Kier molecular flexibility index (Phi) is 13.7. The lowest BCUT2D eigenvalue weighted by molar-refractivity contribution is 0.589. The van der Waals surface area contributed by atoms with Gasteiger partial charge in [0.15, 0.2) is 0 Å². The van der Waals surface area contributed by atoms with E-state index in [1.54, 1.807) is 0 Å². The molecule has 3 heteroatoms. The molecule has 3 aliphatic rings. The maximum Gasteiger partial charge on any atom is 0.0541 e. The van der Waals surface area contributed by atoms with Gasteiger partial charge in [0.2, 0.25) is 0 Å². The van der Waals surface area contributed by atoms with Crippen LogP contribution < -0.4 is 9.80 Å². The van der Waals surface area contributed by atoms with Gasteiger partial charge in [-0.05, 0) is 184 Å². The van der Waals surface area contributed by atoms with E-state index in [2.05, 4.69) is 358 Å². The lowest BCUT2D eigenvalue weighted by Gasteiger charge is -2.47. The number of benzene rings is 12. The first-order chi connectivity index (χ1) is 45.2. The lowest BCUT2D eigenvalue weighted by Crippen LogP contribution is -2.30. The number of rotatable bonds is 7. The van der Waals surface area contributed by atoms with Crippen molar-refractivity contribution in [2.24, 2.45) is 0 Å². The second-order valence-electron chi connectivity index (χ2n) is 31.0. The Balaban J connectivity index is 1.07. The Morgan fingerprint density at radius 1 is 0.287 bits per heavy atom. The zero-order valence-electron chi connectivity index (χ0n) is 56.5. The molecule has 16 rings (SSSR count). The predicted octanol–water partition coefficient (Wildman–Crippen LogP) is 24.8. The molecule has 1 atom stereocenters. The van der Waals surface area contributed by atoms with Gasteiger partial charge in [-0.15, -0.1) is 0 Å². The molecule has 0 saturated carbocycles. The average Bonchev–Trinajstić information content (AvgIpc) is 0.745. The maximum atomic E-state index is 2.71. The van der Waals surface area contributed by atoms with Crippen molar-refractivity contribution in [3.8, 4) is 39.1 Å². The topological polar surface area (TPSA) is 11.4 Å². The molecular weight excluding hydrogens is 1140 g/mol. The molecule has 1 aromatic heterocycles. The van der Waals surface area contributed by atoms with Crippen LogP contribution in [0.2, 0.25) is 0 Å². The minimum atomic E-state index is -0.176. The van der Waals surface area contributed by atoms with E-state index in [0.29, 0.717) is 0 Å². The van der Waals surface area contributed by atoms with E-state index in [1.807, 2.05) is 0 Å². The number of nitrogens with zero attached hydrogens (tertiary/aromatic N) is 3. The van der Waals surface area contributed by atoms with E-state index in [0.717, 1.165) is 23.5 Å². The van der Waals surface area contributed by atoms with Crippen LogP contribution in [0.3, 0.4) is 0 Å². The largest absolute Gasteiger partial charge is 0.309 e. The summed E-state index contributed by atoms with van der Waals surface area (Å²) in [7, 11) is 0. The number of fused-ring (bicyclic) bond motifs is 9. The summed E-state index contributed by atoms with van der Waals surface area (Å²) in [6.07, 6.45) is 0.895. The van der Waals surface area contributed by atoms with Crippen LogP contribution in [-0.4, -0.2) is 4.57 Å². The number of anilines is 6. The lowest BCUT2D eigenvalue weighted by atomic mass is 9.71. The van der Waals surface area contributed by atoms with Gasteiger partial charge >= 0.3 is 0 Å². The highest BCUT2D eigenvalue weighted by Crippen LogP contribution is 2.64. The molecule has 94 heavy (non-hydrogen) atoms. The van der Waals surface area contributed by atoms with Gasteiger partial charge in [-0.2, -0.15) is 0 Å². The minimum absolute atomic E-state index is 0.00302. The van der Waals surface area contributed by atoms with E-state index in [-0.39, 0.29) is 33.5 Å². The highest BCUT2D eigenvalue weighted by atomic mass is 15.2. The standard InChI is InChI=1S/C91H83N3/c1-88(2,3)64-39-34-58(35-40-64)74-54-66(90(7,8)9)43-48-79(74)93-81-47-38-60(57-24-14-13-15-25-57)51-76(81)86-73-46-45-68(92-77-32-22-20-30-71(77)72-31-21-23-33-78(72)92)56-82(73)94(80-49-44-67(91(10,11)12)55-75(80)59-36-41-65(42-37-59)89(4,5)6)84-53-63(52-83(93)87(84)86)85-69-28-18-16-26-61(69)50-62-27-17-19-29-70(62)85/h13-49,51-56,85-86H,50H2,1-12H3. The summed E-state index contributed by atoms with van der Waals surface area (Å²) in [5.41, 5.74) is 33.3. The summed E-state index contributed by atoms with van der Waals surface area (Å²) in [6, 6.07) is 101. The molecule has 1 aliphatic carbocycles. The van der Waals surface area contributed by atoms with Crippen molar-refractivity contribution in [1.82, 2.24) is 4.57 Å². The van der Waals surface area contributed by atoms with Gasteiger partial charge < -0.3 is 14.4 Å². The molecule has 0 fully saturated rings. The van der Waals surface area contributed by atoms with Crippen molar-refractivity contribution in [3.63, 3.8) is 0 Å². The van der Waals surface area contributed by atoms with Crippen molar-refractivity contribution in [2.75, 3.05) is 9.80 Å². The van der Waals surface area contributed by atoms with Gasteiger partial charge in [0.25, 0.3) is 0 Å². The molecule has 2 aliphatic heterocycles. The first kappa shape index (κ1) is 59.1. The summed E-state index contributed by atoms with van der Waals surface area (Å²) in [5.74, 6) is -0.234. The molecule has 1 unspecified atom stereocenters. The smallest absolute Gasteiger partial charge is 0.0541 e. The van der Waals surface area contributed by atoms with Crippen LogP contribution in [0.5, 0.6) is 0 Å². The number of para-hydroxylation sites is 2. The molecule has 0 amide bonds. The summed E-state index contributed by atoms with van der Waals surface area (Å²) in [4.78, 5) is 5.40. The van der Waals surface area contributed by atoms with Crippen LogP contribution >= 0.6 is 0 Å². The Morgan fingerprint density at radius 3 is 1.23 bits per heavy atom. The van der Waals surface area contributed by atoms with E-state index in [4.69, 9.17) is 0 Å². The Morgan fingerprint density at radius 2 is 0.723 bits per heavy atom. The van der Waals surface area contributed by atoms with Gasteiger partial charge in [-0.1, -0.05) is 271 Å². The van der Waals surface area contributed by atoms with Gasteiger partial charge in [0.05, 0.1) is 45.2 Å². The Labute approximate surface area is 556 Å². The molecule has 0 N–H and O–H groups in total. The molecule has 0 radical (unpaired) electrons. The van der Waals surface area contributed by atoms with Crippen LogP contribution in [0.15, 0.2) is 261 Å². The van der Waals surface area contributed by atoms with Gasteiger partial charge in [-0.3, -0.25) is 0 Å². The van der Waals surface area contributed by atoms with Gasteiger partial charge in [0.1, 0.15) is 0 Å². The fourth-order valence-electron chi connectivity index (χ4n) is 15.7. The molecule has 3 nitrogen and oxygen atoms in total. The van der Waals surface area contributed by atoms with Crippen LogP contribution in [0.25, 0.3) is 60.9 Å². The summed E-state index contributed by atoms with van der Waals surface area (Å²) in [6.45, 7) is 28.0. The first-order valence-electron chi connectivity index (χ1n) is 33.9. The van der Waals surface area contributed by atoms with Crippen LogP contribution in [0.1, 0.15) is 162 Å². The highest BCUT2D eigenvalue weighted by Gasteiger charge is 2.44. The van der Waals surface area contributed by atoms with Crippen LogP contribution in [0.4, 0.5) is 34.1 Å². The minimum Gasteiger partial charge on any atom is -0.309 e. The van der Waals surface area contributed by atoms with E-state index in [9.17, 15) is 0 Å². The third-order valence-corrected chi connectivity index (χ3v) is 20.8. The Hall–Kier alpha value is -9.96. The zero-order chi connectivity index (χ0) is 64.7. The molecule has 0 bridgehead atoms. The van der Waals surface area contributed by atoms with Crippen molar-refractivity contribution >= 4 is 55.9 Å². The second-order valence-corrected chi connectivity index (χ2v) is 31.0. The van der Waals surface area contributed by atoms with Crippen molar-refractivity contribution < 1.29 is 0 Å². The predicted molar refractivity (Wildman–Crippen MR) is 399 cm³/mol. The molecule has 13 aromatic rings. The van der Waals surface area contributed by atoms with E-state index >= 15 is 0 Å². The Bertz CT molecular complexity index is 5050. The van der Waals surface area contributed by atoms with Crippen molar-refractivity contribution in [3.05, 3.63) is 328 Å². The van der Waals surface area contributed by atoms with Crippen molar-refractivity contribution in [2.45, 2.75) is 123 Å². The van der Waals surface area contributed by atoms with Crippen LogP contribution in [-0.2, 0) is 28.1 Å². The molecular formula is C91H83N3. The molecule has 3 heterocycles. The molecule has 12 aromatic carbocycles. The third-order valence-electron chi connectivity index (χ3n) is 20.8. The third kappa shape index (κ3) is 9.84. The number of hydrogen-bond donors (Lipinski definition) is 0. The van der Waals surface area contributed by atoms with Crippen molar-refractivity contribution in [1.29, 1.82) is 0 Å². The van der Waals surface area contributed by atoms with Gasteiger partial charge in [0, 0.05) is 45.0 Å². The van der Waals surface area contributed by atoms with Gasteiger partial charge in [-0.25, -0.2) is 0 Å². The summed E-state index contributed by atoms with van der Waals surface area (Å²) >= 11 is 0. The highest BCUT2D eigenvalue weighted by molar-refractivity contribution is 6.10. The summed E-state index contributed by atoms with van der Waals surface area (Å²) < 4.78 is 2.51. The number of aromatic nitrogens is 1. The maximum absolute atomic E-state index is 2.71. The molecule has 0 saturated heterocycles. The average molecular weight is 1220 g/mol.